The lowest BCUT2D eigenvalue weighted by atomic mass is 10.2. The number of nitrogens with zero attached hydrogens (tertiary/aromatic N) is 1. The first kappa shape index (κ1) is 14.4. The summed E-state index contributed by atoms with van der Waals surface area (Å²) < 4.78 is 0.672. The molecule has 0 saturated heterocycles. The number of halogens is 3. The number of amides is 1. The number of rotatable bonds is 2. The van der Waals surface area contributed by atoms with Crippen molar-refractivity contribution in [2.45, 2.75) is 0 Å². The Balaban J connectivity index is 1.91. The van der Waals surface area contributed by atoms with Crippen molar-refractivity contribution in [3.63, 3.8) is 0 Å². The summed E-state index contributed by atoms with van der Waals surface area (Å²) >= 11 is 15.4. The molecule has 3 aromatic rings. The van der Waals surface area contributed by atoms with E-state index in [1.807, 2.05) is 0 Å². The molecule has 0 aliphatic rings. The Morgan fingerprint density at radius 2 is 2.00 bits per heavy atom. The molecule has 21 heavy (non-hydrogen) atoms. The number of aromatic nitrogens is 2. The number of hydrogen-bond donors (Lipinski definition) is 2. The average molecular weight is 385 g/mol. The van der Waals surface area contributed by atoms with E-state index in [-0.39, 0.29) is 5.91 Å². The lowest BCUT2D eigenvalue weighted by molar-refractivity contribution is 0.102. The number of benzene rings is 2. The number of aromatic amines is 1. The van der Waals surface area contributed by atoms with Gasteiger partial charge in [0.05, 0.1) is 33.1 Å². The Kier molecular flexibility index (Phi) is 3.89. The van der Waals surface area contributed by atoms with Crippen LogP contribution in [0.4, 0.5) is 5.69 Å². The number of hydrogen-bond acceptors (Lipinski definition) is 2. The summed E-state index contributed by atoms with van der Waals surface area (Å²) in [7, 11) is 0. The summed E-state index contributed by atoms with van der Waals surface area (Å²) in [6.45, 7) is 0. The van der Waals surface area contributed by atoms with Gasteiger partial charge in [0, 0.05) is 10.0 Å². The molecule has 0 atom stereocenters. The zero-order chi connectivity index (χ0) is 15.0. The maximum Gasteiger partial charge on any atom is 0.255 e. The Morgan fingerprint density at radius 1 is 1.19 bits per heavy atom. The molecule has 0 bridgehead atoms. The Bertz CT molecular complexity index is 847. The second kappa shape index (κ2) is 5.67. The van der Waals surface area contributed by atoms with Crippen molar-refractivity contribution in [3.8, 4) is 0 Å². The van der Waals surface area contributed by atoms with Crippen molar-refractivity contribution in [3.05, 3.63) is 56.7 Å². The fourth-order valence-electron chi connectivity index (χ4n) is 1.89. The zero-order valence-electron chi connectivity index (χ0n) is 10.5. The van der Waals surface area contributed by atoms with Gasteiger partial charge in [-0.3, -0.25) is 4.79 Å². The SMILES string of the molecule is O=C(Nc1ccc(Br)c(Cl)c1Cl)c1ccc2nc[nH]c2c1. The molecule has 7 heteroatoms. The molecule has 0 aliphatic heterocycles. The lowest BCUT2D eigenvalue weighted by Crippen LogP contribution is -2.12. The van der Waals surface area contributed by atoms with Crippen LogP contribution in [-0.2, 0) is 0 Å². The van der Waals surface area contributed by atoms with E-state index in [4.69, 9.17) is 23.2 Å². The van der Waals surface area contributed by atoms with E-state index >= 15 is 0 Å². The van der Waals surface area contributed by atoms with Crippen LogP contribution in [-0.4, -0.2) is 15.9 Å². The molecule has 2 N–H and O–H groups in total. The minimum Gasteiger partial charge on any atom is -0.345 e. The number of anilines is 1. The Hall–Kier alpha value is -1.56. The first-order chi connectivity index (χ1) is 10.1. The third-order valence-electron chi connectivity index (χ3n) is 2.97. The van der Waals surface area contributed by atoms with Gasteiger partial charge in [0.2, 0.25) is 0 Å². The first-order valence-electron chi connectivity index (χ1n) is 5.94. The van der Waals surface area contributed by atoms with Gasteiger partial charge < -0.3 is 10.3 Å². The van der Waals surface area contributed by atoms with Crippen molar-refractivity contribution in [2.75, 3.05) is 5.32 Å². The van der Waals surface area contributed by atoms with Crippen LogP contribution in [0.25, 0.3) is 11.0 Å². The smallest absolute Gasteiger partial charge is 0.255 e. The van der Waals surface area contributed by atoms with E-state index in [2.05, 4.69) is 31.2 Å². The van der Waals surface area contributed by atoms with Crippen LogP contribution in [0.3, 0.4) is 0 Å². The molecule has 0 fully saturated rings. The predicted molar refractivity (Wildman–Crippen MR) is 88.2 cm³/mol. The second-order valence-corrected chi connectivity index (χ2v) is 5.92. The highest BCUT2D eigenvalue weighted by Crippen LogP contribution is 2.36. The van der Waals surface area contributed by atoms with Crippen molar-refractivity contribution in [2.24, 2.45) is 0 Å². The van der Waals surface area contributed by atoms with E-state index in [1.165, 1.54) is 0 Å². The zero-order valence-corrected chi connectivity index (χ0v) is 13.6. The monoisotopic (exact) mass is 383 g/mol. The summed E-state index contributed by atoms with van der Waals surface area (Å²) in [5, 5.41) is 3.39. The number of carbonyl (C=O) groups is 1. The maximum absolute atomic E-state index is 12.3. The molecule has 0 radical (unpaired) electrons. The van der Waals surface area contributed by atoms with Crippen LogP contribution in [0, 0.1) is 0 Å². The van der Waals surface area contributed by atoms with Gasteiger partial charge in [0.15, 0.2) is 0 Å². The molecule has 3 rings (SSSR count). The summed E-state index contributed by atoms with van der Waals surface area (Å²) in [6, 6.07) is 8.61. The molecule has 1 aromatic heterocycles. The average Bonchev–Trinajstić information content (AvgIpc) is 2.95. The molecular formula is C14H8BrCl2N3O. The number of H-pyrrole nitrogens is 1. The highest BCUT2D eigenvalue weighted by Gasteiger charge is 2.13. The molecule has 106 valence electrons. The van der Waals surface area contributed by atoms with E-state index in [0.717, 1.165) is 11.0 Å². The van der Waals surface area contributed by atoms with Crippen molar-refractivity contribution < 1.29 is 4.79 Å². The molecule has 0 aliphatic carbocycles. The fraction of sp³-hybridized carbons (Fsp3) is 0. The number of nitrogens with one attached hydrogen (secondary N) is 2. The van der Waals surface area contributed by atoms with Gasteiger partial charge in [0.1, 0.15) is 0 Å². The van der Waals surface area contributed by atoms with E-state index in [1.54, 1.807) is 36.7 Å². The van der Waals surface area contributed by atoms with Crippen molar-refractivity contribution in [1.29, 1.82) is 0 Å². The highest BCUT2D eigenvalue weighted by atomic mass is 79.9. The standard InChI is InChI=1S/C14H8BrCl2N3O/c15-8-2-4-10(13(17)12(8)16)20-14(21)7-1-3-9-11(5-7)19-6-18-9/h1-6H,(H,18,19)(H,20,21). The predicted octanol–water partition coefficient (Wildman–Crippen LogP) is 4.88. The molecule has 1 heterocycles. The summed E-state index contributed by atoms with van der Waals surface area (Å²) in [6.07, 6.45) is 1.58. The topological polar surface area (TPSA) is 57.8 Å². The van der Waals surface area contributed by atoms with Crippen LogP contribution in [0.15, 0.2) is 41.1 Å². The van der Waals surface area contributed by atoms with Crippen LogP contribution in [0.2, 0.25) is 10.0 Å². The fourth-order valence-corrected chi connectivity index (χ4v) is 2.72. The summed E-state index contributed by atoms with van der Waals surface area (Å²) in [5.41, 5.74) is 2.56. The Morgan fingerprint density at radius 3 is 2.81 bits per heavy atom. The number of fused-ring (bicyclic) bond motifs is 1. The minimum absolute atomic E-state index is 0.271. The van der Waals surface area contributed by atoms with Gasteiger partial charge in [-0.1, -0.05) is 23.2 Å². The van der Waals surface area contributed by atoms with Gasteiger partial charge in [-0.2, -0.15) is 0 Å². The van der Waals surface area contributed by atoms with E-state index in [0.29, 0.717) is 25.8 Å². The van der Waals surface area contributed by atoms with Crippen LogP contribution in [0.5, 0.6) is 0 Å². The maximum atomic E-state index is 12.3. The molecule has 0 saturated carbocycles. The molecule has 2 aromatic carbocycles. The van der Waals surface area contributed by atoms with E-state index < -0.39 is 0 Å². The minimum atomic E-state index is -0.271. The molecule has 1 amide bonds. The first-order valence-corrected chi connectivity index (χ1v) is 7.49. The molecule has 0 unspecified atom stereocenters. The largest absolute Gasteiger partial charge is 0.345 e. The van der Waals surface area contributed by atoms with Gasteiger partial charge >= 0.3 is 0 Å². The third kappa shape index (κ3) is 2.77. The van der Waals surface area contributed by atoms with Gasteiger partial charge in [-0.25, -0.2) is 4.98 Å². The Labute approximate surface area is 138 Å². The number of imidazole rings is 1. The van der Waals surface area contributed by atoms with Gasteiger partial charge in [-0.05, 0) is 46.3 Å². The second-order valence-electron chi connectivity index (χ2n) is 4.31. The lowest BCUT2D eigenvalue weighted by Gasteiger charge is -2.09. The normalized spacial score (nSPS) is 10.8. The quantitative estimate of drug-likeness (QED) is 0.618. The highest BCUT2D eigenvalue weighted by molar-refractivity contribution is 9.10. The van der Waals surface area contributed by atoms with Crippen LogP contribution in [0.1, 0.15) is 10.4 Å². The van der Waals surface area contributed by atoms with E-state index in [9.17, 15) is 4.79 Å². The van der Waals surface area contributed by atoms with Gasteiger partial charge in [0.25, 0.3) is 5.91 Å². The molecular weight excluding hydrogens is 377 g/mol. The van der Waals surface area contributed by atoms with Crippen LogP contribution >= 0.6 is 39.1 Å². The summed E-state index contributed by atoms with van der Waals surface area (Å²) in [4.78, 5) is 19.3. The van der Waals surface area contributed by atoms with Crippen molar-refractivity contribution >= 4 is 61.8 Å². The third-order valence-corrected chi connectivity index (χ3v) is 4.74. The molecule has 4 nitrogen and oxygen atoms in total. The summed E-state index contributed by atoms with van der Waals surface area (Å²) in [5.74, 6) is -0.271. The van der Waals surface area contributed by atoms with Crippen LogP contribution < -0.4 is 5.32 Å². The van der Waals surface area contributed by atoms with Crippen molar-refractivity contribution in [1.82, 2.24) is 9.97 Å². The molecule has 0 spiro atoms. The van der Waals surface area contributed by atoms with Gasteiger partial charge in [-0.15, -0.1) is 0 Å². The number of carbonyl (C=O) groups excluding carboxylic acids is 1.